The van der Waals surface area contributed by atoms with Crippen LogP contribution in [0.5, 0.6) is 5.75 Å². The Morgan fingerprint density at radius 2 is 1.94 bits per heavy atom. The second-order valence-electron chi connectivity index (χ2n) is 7.67. The second kappa shape index (κ2) is 9.46. The van der Waals surface area contributed by atoms with E-state index in [1.165, 1.54) is 42.5 Å². The molecule has 1 saturated carbocycles. The van der Waals surface area contributed by atoms with Crippen molar-refractivity contribution in [2.45, 2.75) is 42.5 Å². The molecule has 5 nitrogen and oxygen atoms in total. The van der Waals surface area contributed by atoms with Crippen molar-refractivity contribution in [3.63, 3.8) is 0 Å². The topological polar surface area (TPSA) is 71.5 Å². The van der Waals surface area contributed by atoms with Gasteiger partial charge in [0.1, 0.15) is 15.8 Å². The average molecular weight is 477 g/mol. The number of benzene rings is 2. The van der Waals surface area contributed by atoms with Crippen LogP contribution < -0.4 is 9.46 Å². The molecule has 1 aliphatic rings. The highest BCUT2D eigenvalue weighted by atomic mass is 32.2. The first-order valence-electron chi connectivity index (χ1n) is 10.1. The third kappa shape index (κ3) is 5.21. The molecule has 0 unspecified atom stereocenters. The Labute approximate surface area is 193 Å². The molecule has 168 valence electrons. The minimum Gasteiger partial charge on any atom is -0.495 e. The van der Waals surface area contributed by atoms with E-state index in [-0.39, 0.29) is 24.3 Å². The number of carbonyl (C=O) groups is 1. The van der Waals surface area contributed by atoms with Gasteiger partial charge in [-0.3, -0.25) is 0 Å². The highest BCUT2D eigenvalue weighted by Gasteiger charge is 2.35. The number of thiazole rings is 1. The molecular formula is C23H22F2N2O3S2. The lowest BCUT2D eigenvalue weighted by Gasteiger charge is -2.28. The molecule has 1 heterocycles. The van der Waals surface area contributed by atoms with Gasteiger partial charge in [-0.15, -0.1) is 11.3 Å². The van der Waals surface area contributed by atoms with E-state index in [1.807, 2.05) is 29.6 Å². The van der Waals surface area contributed by atoms with Crippen molar-refractivity contribution in [3.05, 3.63) is 59.0 Å². The Bertz CT molecular complexity index is 1090. The summed E-state index contributed by atoms with van der Waals surface area (Å²) in [4.78, 5) is 15.8. The largest absolute Gasteiger partial charge is 0.495 e. The zero-order chi connectivity index (χ0) is 22.7. The van der Waals surface area contributed by atoms with Crippen LogP contribution in [0.1, 0.15) is 47.5 Å². The number of hydrogen-bond donors (Lipinski definition) is 2. The number of carboxylic acid groups (broad SMARTS) is 1. The van der Waals surface area contributed by atoms with Crippen LogP contribution in [0.25, 0.3) is 10.6 Å². The van der Waals surface area contributed by atoms with Crippen molar-refractivity contribution >= 4 is 34.9 Å². The van der Waals surface area contributed by atoms with E-state index in [2.05, 4.69) is 9.71 Å². The van der Waals surface area contributed by atoms with Gasteiger partial charge in [0.25, 0.3) is 0 Å². The first-order chi connectivity index (χ1) is 15.3. The van der Waals surface area contributed by atoms with Crippen LogP contribution in [0, 0.1) is 0 Å². The van der Waals surface area contributed by atoms with Crippen LogP contribution in [-0.4, -0.2) is 29.1 Å². The molecule has 0 amide bonds. The maximum absolute atomic E-state index is 13.4. The molecule has 1 fully saturated rings. The molecule has 2 N–H and O–H groups in total. The summed E-state index contributed by atoms with van der Waals surface area (Å²) in [7, 11) is 1.49. The molecule has 0 saturated heterocycles. The van der Waals surface area contributed by atoms with Crippen molar-refractivity contribution in [3.8, 4) is 16.3 Å². The standard InChI is InChI=1S/C23H22F2N2O3S2/c1-30-19-12-17(22(28)29)6-7-18(19)27-32-20-13-31-21(26-20)16-4-2-14(3-5-16)15-8-10-23(24,25)11-9-15/h2-7,12-13,15,27H,8-11H2,1H3,(H,28,29). The molecule has 1 aromatic heterocycles. The van der Waals surface area contributed by atoms with Crippen LogP contribution in [0.15, 0.2) is 52.9 Å². The molecular weight excluding hydrogens is 454 g/mol. The number of nitrogens with one attached hydrogen (secondary N) is 1. The van der Waals surface area contributed by atoms with Gasteiger partial charge >= 0.3 is 5.97 Å². The van der Waals surface area contributed by atoms with Crippen LogP contribution in [-0.2, 0) is 0 Å². The fourth-order valence-electron chi connectivity index (χ4n) is 3.73. The number of anilines is 1. The van der Waals surface area contributed by atoms with Gasteiger partial charge in [0.15, 0.2) is 0 Å². The quantitative estimate of drug-likeness (QED) is 0.360. The summed E-state index contributed by atoms with van der Waals surface area (Å²) in [5.41, 5.74) is 2.89. The van der Waals surface area contributed by atoms with E-state index in [0.29, 0.717) is 24.3 Å². The van der Waals surface area contributed by atoms with E-state index in [0.717, 1.165) is 21.2 Å². The van der Waals surface area contributed by atoms with E-state index in [4.69, 9.17) is 9.84 Å². The number of halogens is 2. The third-order valence-electron chi connectivity index (χ3n) is 5.54. The van der Waals surface area contributed by atoms with Crippen LogP contribution in [0.4, 0.5) is 14.5 Å². The van der Waals surface area contributed by atoms with Gasteiger partial charge < -0.3 is 14.6 Å². The van der Waals surface area contributed by atoms with Crippen LogP contribution in [0.2, 0.25) is 0 Å². The van der Waals surface area contributed by atoms with E-state index < -0.39 is 11.9 Å². The molecule has 0 aliphatic heterocycles. The smallest absolute Gasteiger partial charge is 0.335 e. The number of nitrogens with zero attached hydrogens (tertiary/aromatic N) is 1. The molecule has 0 radical (unpaired) electrons. The number of aromatic nitrogens is 1. The van der Waals surface area contributed by atoms with Crippen molar-refractivity contribution < 1.29 is 23.4 Å². The van der Waals surface area contributed by atoms with Gasteiger partial charge in [-0.05, 0) is 42.5 Å². The molecule has 0 spiro atoms. The van der Waals surface area contributed by atoms with Crippen LogP contribution >= 0.6 is 23.3 Å². The van der Waals surface area contributed by atoms with Crippen molar-refractivity contribution in [1.82, 2.24) is 4.98 Å². The Morgan fingerprint density at radius 1 is 1.22 bits per heavy atom. The molecule has 0 bridgehead atoms. The SMILES string of the molecule is COc1cc(C(=O)O)ccc1NSc1csc(-c2ccc(C3CCC(F)(F)CC3)cc2)n1. The molecule has 3 aromatic rings. The predicted octanol–water partition coefficient (Wildman–Crippen LogP) is 6.93. The highest BCUT2D eigenvalue weighted by Crippen LogP contribution is 2.41. The highest BCUT2D eigenvalue weighted by molar-refractivity contribution is 8.00. The van der Waals surface area contributed by atoms with Gasteiger partial charge in [0.05, 0.1) is 18.4 Å². The van der Waals surface area contributed by atoms with Gasteiger partial charge in [-0.25, -0.2) is 18.6 Å². The number of methoxy groups -OCH3 is 1. The minimum absolute atomic E-state index is 0.0384. The fraction of sp³-hybridized carbons (Fsp3) is 0.304. The summed E-state index contributed by atoms with van der Waals surface area (Å²) >= 11 is 2.82. The Hall–Kier alpha value is -2.65. The molecule has 32 heavy (non-hydrogen) atoms. The number of ether oxygens (including phenoxy) is 1. The van der Waals surface area contributed by atoms with E-state index >= 15 is 0 Å². The zero-order valence-corrected chi connectivity index (χ0v) is 18.9. The summed E-state index contributed by atoms with van der Waals surface area (Å²) in [6, 6.07) is 12.7. The first-order valence-corrected chi connectivity index (χ1v) is 11.8. The molecule has 0 atom stereocenters. The number of aromatic carboxylic acids is 1. The normalized spacial score (nSPS) is 16.0. The lowest BCUT2D eigenvalue weighted by molar-refractivity contribution is -0.0382. The molecule has 9 heteroatoms. The van der Waals surface area contributed by atoms with E-state index in [9.17, 15) is 13.6 Å². The van der Waals surface area contributed by atoms with Gasteiger partial charge in [0, 0.05) is 35.7 Å². The molecule has 1 aliphatic carbocycles. The summed E-state index contributed by atoms with van der Waals surface area (Å²) < 4.78 is 35.2. The molecule has 4 rings (SSSR count). The maximum atomic E-state index is 13.4. The van der Waals surface area contributed by atoms with Crippen LogP contribution in [0.3, 0.4) is 0 Å². The van der Waals surface area contributed by atoms with Gasteiger partial charge in [0.2, 0.25) is 5.92 Å². The van der Waals surface area contributed by atoms with Crippen molar-refractivity contribution in [2.24, 2.45) is 0 Å². The van der Waals surface area contributed by atoms with Crippen molar-refractivity contribution in [1.29, 1.82) is 0 Å². The second-order valence-corrected chi connectivity index (χ2v) is 9.35. The third-order valence-corrected chi connectivity index (χ3v) is 7.32. The van der Waals surface area contributed by atoms with Gasteiger partial charge in [-0.1, -0.05) is 24.3 Å². The first kappa shape index (κ1) is 22.5. The average Bonchev–Trinajstić information content (AvgIpc) is 3.26. The summed E-state index contributed by atoms with van der Waals surface area (Å²) in [5.74, 6) is -2.90. The van der Waals surface area contributed by atoms with E-state index in [1.54, 1.807) is 6.07 Å². The molecule has 2 aromatic carbocycles. The van der Waals surface area contributed by atoms with Crippen molar-refractivity contribution in [2.75, 3.05) is 11.8 Å². The maximum Gasteiger partial charge on any atom is 0.335 e. The minimum atomic E-state index is -2.51. The Balaban J connectivity index is 1.39. The lowest BCUT2D eigenvalue weighted by Crippen LogP contribution is -2.23. The number of rotatable bonds is 7. The predicted molar refractivity (Wildman–Crippen MR) is 123 cm³/mol. The summed E-state index contributed by atoms with van der Waals surface area (Å²) in [6.45, 7) is 0. The summed E-state index contributed by atoms with van der Waals surface area (Å²) in [6.07, 6.45) is 0.965. The monoisotopic (exact) mass is 476 g/mol. The zero-order valence-electron chi connectivity index (χ0n) is 17.3. The number of carboxylic acids is 1. The summed E-state index contributed by atoms with van der Waals surface area (Å²) in [5, 5.41) is 12.7. The Kier molecular flexibility index (Phi) is 6.66. The number of hydrogen-bond acceptors (Lipinski definition) is 6. The fourth-order valence-corrected chi connectivity index (χ4v) is 5.33. The lowest BCUT2D eigenvalue weighted by atomic mass is 9.82. The Morgan fingerprint density at radius 3 is 2.59 bits per heavy atom. The number of alkyl halides is 2. The van der Waals surface area contributed by atoms with Gasteiger partial charge in [-0.2, -0.15) is 0 Å².